The molecule has 11 heteroatoms. The van der Waals surface area contributed by atoms with E-state index >= 15 is 0 Å². The van der Waals surface area contributed by atoms with Gasteiger partial charge in [-0.05, 0) is 12.8 Å². The molecule has 4 rings (SSSR count). The van der Waals surface area contributed by atoms with Gasteiger partial charge in [-0.1, -0.05) is 0 Å². The molecule has 0 unspecified atom stereocenters. The van der Waals surface area contributed by atoms with E-state index in [1.54, 1.807) is 23.3 Å². The Hall–Kier alpha value is -2.53. The standard InChI is InChI=1S/C15H20N8O2S/c1-21-10-12(9-17-21)19-15-16-7-11-8-18-23(14(11)20-15)13-3-5-22(6-4-13)26(2,24)25/h7-10,13H,3-6H2,1-2H3,(H,16,19,20). The summed E-state index contributed by atoms with van der Waals surface area (Å²) in [6.07, 6.45) is 9.68. The Bertz CT molecular complexity index is 1030. The van der Waals surface area contributed by atoms with Crippen molar-refractivity contribution in [2.45, 2.75) is 18.9 Å². The average molecular weight is 376 g/mol. The van der Waals surface area contributed by atoms with Gasteiger partial charge in [0.05, 0.1) is 35.8 Å². The van der Waals surface area contributed by atoms with Crippen molar-refractivity contribution in [1.82, 2.24) is 33.8 Å². The maximum absolute atomic E-state index is 11.7. The first-order valence-electron chi connectivity index (χ1n) is 8.31. The van der Waals surface area contributed by atoms with E-state index in [1.165, 1.54) is 10.6 Å². The number of hydrogen-bond acceptors (Lipinski definition) is 7. The first-order chi connectivity index (χ1) is 12.4. The number of aromatic nitrogens is 6. The summed E-state index contributed by atoms with van der Waals surface area (Å²) in [6.45, 7) is 0.994. The van der Waals surface area contributed by atoms with Gasteiger partial charge in [0.25, 0.3) is 0 Å². The maximum Gasteiger partial charge on any atom is 0.229 e. The fourth-order valence-electron chi connectivity index (χ4n) is 3.20. The number of sulfonamides is 1. The minimum absolute atomic E-state index is 0.117. The summed E-state index contributed by atoms with van der Waals surface area (Å²) in [5.41, 5.74) is 1.54. The minimum atomic E-state index is -3.14. The molecule has 1 aliphatic heterocycles. The summed E-state index contributed by atoms with van der Waals surface area (Å²) in [4.78, 5) is 8.91. The number of nitrogens with zero attached hydrogens (tertiary/aromatic N) is 7. The molecular weight excluding hydrogens is 356 g/mol. The number of rotatable bonds is 4. The molecule has 26 heavy (non-hydrogen) atoms. The summed E-state index contributed by atoms with van der Waals surface area (Å²) in [5.74, 6) is 0.473. The lowest BCUT2D eigenvalue weighted by molar-refractivity contribution is 0.266. The largest absolute Gasteiger partial charge is 0.321 e. The first-order valence-corrected chi connectivity index (χ1v) is 10.2. The maximum atomic E-state index is 11.7. The molecule has 0 atom stereocenters. The highest BCUT2D eigenvalue weighted by molar-refractivity contribution is 7.88. The van der Waals surface area contributed by atoms with Gasteiger partial charge >= 0.3 is 0 Å². The SMILES string of the molecule is Cn1cc(Nc2ncc3cnn(C4CCN(S(C)(=O)=O)CC4)c3n2)cn1. The van der Waals surface area contributed by atoms with Crippen LogP contribution in [-0.2, 0) is 17.1 Å². The lowest BCUT2D eigenvalue weighted by Gasteiger charge is -2.30. The molecule has 1 saturated heterocycles. The molecule has 4 heterocycles. The van der Waals surface area contributed by atoms with Gasteiger partial charge in [0.15, 0.2) is 5.65 Å². The molecule has 1 N–H and O–H groups in total. The molecule has 0 radical (unpaired) electrons. The van der Waals surface area contributed by atoms with Crippen molar-refractivity contribution in [3.8, 4) is 0 Å². The van der Waals surface area contributed by atoms with Gasteiger partial charge < -0.3 is 5.32 Å². The number of piperidine rings is 1. The van der Waals surface area contributed by atoms with Crippen molar-refractivity contribution in [2.24, 2.45) is 7.05 Å². The van der Waals surface area contributed by atoms with E-state index in [9.17, 15) is 8.42 Å². The molecule has 3 aromatic heterocycles. The van der Waals surface area contributed by atoms with Gasteiger partial charge in [-0.2, -0.15) is 15.2 Å². The Morgan fingerprint density at radius 3 is 2.58 bits per heavy atom. The zero-order chi connectivity index (χ0) is 18.3. The Kier molecular flexibility index (Phi) is 4.11. The van der Waals surface area contributed by atoms with Crippen molar-refractivity contribution in [1.29, 1.82) is 0 Å². The van der Waals surface area contributed by atoms with Crippen LogP contribution >= 0.6 is 0 Å². The monoisotopic (exact) mass is 376 g/mol. The highest BCUT2D eigenvalue weighted by Crippen LogP contribution is 2.27. The molecule has 0 amide bonds. The molecule has 3 aromatic rings. The van der Waals surface area contributed by atoms with Crippen molar-refractivity contribution in [3.63, 3.8) is 0 Å². The second-order valence-electron chi connectivity index (χ2n) is 6.48. The lowest BCUT2D eigenvalue weighted by atomic mass is 10.1. The summed E-state index contributed by atoms with van der Waals surface area (Å²) >= 11 is 0. The second kappa shape index (κ2) is 6.32. The highest BCUT2D eigenvalue weighted by atomic mass is 32.2. The van der Waals surface area contributed by atoms with Crippen LogP contribution in [0.3, 0.4) is 0 Å². The van der Waals surface area contributed by atoms with Crippen LogP contribution in [0.1, 0.15) is 18.9 Å². The lowest BCUT2D eigenvalue weighted by Crippen LogP contribution is -2.38. The van der Waals surface area contributed by atoms with E-state index in [2.05, 4.69) is 25.5 Å². The fraction of sp³-hybridized carbons (Fsp3) is 0.467. The minimum Gasteiger partial charge on any atom is -0.321 e. The normalized spacial score (nSPS) is 17.0. The van der Waals surface area contributed by atoms with Gasteiger partial charge in [0.1, 0.15) is 0 Å². The van der Waals surface area contributed by atoms with Crippen LogP contribution in [0, 0.1) is 0 Å². The van der Waals surface area contributed by atoms with E-state index in [0.717, 1.165) is 16.7 Å². The smallest absolute Gasteiger partial charge is 0.229 e. The predicted octanol–water partition coefficient (Wildman–Crippen LogP) is 0.900. The van der Waals surface area contributed by atoms with Crippen molar-refractivity contribution in [3.05, 3.63) is 24.8 Å². The summed E-state index contributed by atoms with van der Waals surface area (Å²) < 4.78 is 28.4. The van der Waals surface area contributed by atoms with Gasteiger partial charge in [-0.3, -0.25) is 4.68 Å². The van der Waals surface area contributed by atoms with Crippen LogP contribution in [-0.4, -0.2) is 61.6 Å². The molecular formula is C15H20N8O2S. The van der Waals surface area contributed by atoms with Gasteiger partial charge in [-0.15, -0.1) is 0 Å². The number of nitrogens with one attached hydrogen (secondary N) is 1. The number of aryl methyl sites for hydroxylation is 1. The number of fused-ring (bicyclic) bond motifs is 1. The second-order valence-corrected chi connectivity index (χ2v) is 8.47. The summed E-state index contributed by atoms with van der Waals surface area (Å²) in [6, 6.07) is 0.117. The third kappa shape index (κ3) is 3.27. The fourth-order valence-corrected chi connectivity index (χ4v) is 4.07. The van der Waals surface area contributed by atoms with E-state index in [1.807, 2.05) is 17.9 Å². The van der Waals surface area contributed by atoms with E-state index in [4.69, 9.17) is 0 Å². The van der Waals surface area contributed by atoms with Gasteiger partial charge in [-0.25, -0.2) is 22.4 Å². The molecule has 0 aliphatic carbocycles. The van der Waals surface area contributed by atoms with Crippen molar-refractivity contribution < 1.29 is 8.42 Å². The Labute approximate surface area is 150 Å². The van der Waals surface area contributed by atoms with Gasteiger partial charge in [0, 0.05) is 32.5 Å². The predicted molar refractivity (Wildman–Crippen MR) is 96.5 cm³/mol. The van der Waals surface area contributed by atoms with Crippen molar-refractivity contribution >= 4 is 32.7 Å². The Balaban J connectivity index is 1.57. The van der Waals surface area contributed by atoms with Crippen LogP contribution in [0.2, 0.25) is 0 Å². The zero-order valence-corrected chi connectivity index (χ0v) is 15.4. The van der Waals surface area contributed by atoms with Crippen LogP contribution in [0.15, 0.2) is 24.8 Å². The topological polar surface area (TPSA) is 111 Å². The summed E-state index contributed by atoms with van der Waals surface area (Å²) in [5, 5.41) is 12.6. The zero-order valence-electron chi connectivity index (χ0n) is 14.6. The Morgan fingerprint density at radius 1 is 1.15 bits per heavy atom. The van der Waals surface area contributed by atoms with Crippen LogP contribution in [0.5, 0.6) is 0 Å². The molecule has 0 spiro atoms. The molecule has 1 fully saturated rings. The first kappa shape index (κ1) is 16.9. The third-order valence-corrected chi connectivity index (χ3v) is 5.84. The quantitative estimate of drug-likeness (QED) is 0.720. The highest BCUT2D eigenvalue weighted by Gasteiger charge is 2.27. The van der Waals surface area contributed by atoms with E-state index in [-0.39, 0.29) is 6.04 Å². The molecule has 0 saturated carbocycles. The van der Waals surface area contributed by atoms with Gasteiger partial charge in [0.2, 0.25) is 16.0 Å². The van der Waals surface area contributed by atoms with Crippen LogP contribution in [0.4, 0.5) is 11.6 Å². The Morgan fingerprint density at radius 2 is 1.92 bits per heavy atom. The third-order valence-electron chi connectivity index (χ3n) is 4.53. The van der Waals surface area contributed by atoms with E-state index in [0.29, 0.717) is 31.9 Å². The molecule has 0 aromatic carbocycles. The molecule has 0 bridgehead atoms. The molecule has 10 nitrogen and oxygen atoms in total. The summed E-state index contributed by atoms with van der Waals surface area (Å²) in [7, 11) is -1.30. The van der Waals surface area contributed by atoms with Crippen LogP contribution < -0.4 is 5.32 Å². The van der Waals surface area contributed by atoms with E-state index < -0.39 is 10.0 Å². The van der Waals surface area contributed by atoms with Crippen molar-refractivity contribution in [2.75, 3.05) is 24.7 Å². The number of anilines is 2. The number of hydrogen-bond donors (Lipinski definition) is 1. The molecule has 1 aliphatic rings. The van der Waals surface area contributed by atoms with Crippen LogP contribution in [0.25, 0.3) is 11.0 Å². The average Bonchev–Trinajstić information content (AvgIpc) is 3.20. The molecule has 138 valence electrons.